The molecule has 0 aliphatic rings. The van der Waals surface area contributed by atoms with Gasteiger partial charge >= 0.3 is 0 Å². The summed E-state index contributed by atoms with van der Waals surface area (Å²) in [5.41, 5.74) is 1.82. The lowest BCUT2D eigenvalue weighted by molar-refractivity contribution is 0.563. The van der Waals surface area contributed by atoms with Crippen molar-refractivity contribution in [3.05, 3.63) is 28.3 Å². The minimum absolute atomic E-state index is 0.391. The maximum Gasteiger partial charge on any atom is 0.186 e. The van der Waals surface area contributed by atoms with Crippen molar-refractivity contribution in [3.63, 3.8) is 0 Å². The molecule has 2 nitrogen and oxygen atoms in total. The molecule has 4 heteroatoms. The summed E-state index contributed by atoms with van der Waals surface area (Å²) in [6.07, 6.45) is 0.831. The molecule has 1 atom stereocenters. The molecule has 0 amide bonds. The normalized spacial score (nSPS) is 12.9. The molecule has 0 spiro atoms. The lowest BCUT2D eigenvalue weighted by atomic mass is 10.1. The summed E-state index contributed by atoms with van der Waals surface area (Å²) in [5, 5.41) is 0.561. The highest BCUT2D eigenvalue weighted by Crippen LogP contribution is 2.23. The maximum atomic E-state index is 10.8. The molecular weight excluding hydrogens is 208 g/mol. The Morgan fingerprint density at radius 3 is 2.62 bits per heavy atom. The van der Waals surface area contributed by atoms with Gasteiger partial charge in [0.1, 0.15) is 0 Å². The molecule has 0 aromatic heterocycles. The summed E-state index contributed by atoms with van der Waals surface area (Å²) in [7, 11) is 0. The number of hydrogen-bond donors (Lipinski definition) is 1. The van der Waals surface area contributed by atoms with Gasteiger partial charge in [0.05, 0.1) is 4.90 Å². The van der Waals surface area contributed by atoms with Gasteiger partial charge in [-0.25, -0.2) is 4.21 Å². The first kappa shape index (κ1) is 10.7. The molecule has 13 heavy (non-hydrogen) atoms. The van der Waals surface area contributed by atoms with E-state index in [2.05, 4.69) is 0 Å². The molecule has 72 valence electrons. The SMILES string of the molecule is CCc1cc(C)c(S(=O)O)cc1Cl. The number of halogens is 1. The van der Waals surface area contributed by atoms with Gasteiger partial charge in [0.15, 0.2) is 11.1 Å². The Morgan fingerprint density at radius 1 is 1.54 bits per heavy atom. The highest BCUT2D eigenvalue weighted by atomic mass is 35.5. The number of benzene rings is 1. The third-order valence-electron chi connectivity index (χ3n) is 1.91. The number of hydrogen-bond acceptors (Lipinski definition) is 1. The van der Waals surface area contributed by atoms with Gasteiger partial charge in [0, 0.05) is 5.02 Å². The molecule has 0 bridgehead atoms. The van der Waals surface area contributed by atoms with Crippen LogP contribution in [0, 0.1) is 6.92 Å². The summed E-state index contributed by atoms with van der Waals surface area (Å²) in [6.45, 7) is 3.80. The second kappa shape index (κ2) is 4.22. The van der Waals surface area contributed by atoms with Crippen molar-refractivity contribution in [1.82, 2.24) is 0 Å². The van der Waals surface area contributed by atoms with Gasteiger partial charge in [-0.3, -0.25) is 0 Å². The van der Waals surface area contributed by atoms with Crippen molar-refractivity contribution in [2.45, 2.75) is 25.2 Å². The average molecular weight is 219 g/mol. The molecule has 1 aromatic carbocycles. The third kappa shape index (κ3) is 2.30. The zero-order valence-electron chi connectivity index (χ0n) is 7.50. The summed E-state index contributed by atoms with van der Waals surface area (Å²) in [4.78, 5) is 0.391. The van der Waals surface area contributed by atoms with Gasteiger partial charge < -0.3 is 4.55 Å². The zero-order chi connectivity index (χ0) is 10.0. The van der Waals surface area contributed by atoms with Crippen LogP contribution in [0.1, 0.15) is 18.1 Å². The zero-order valence-corrected chi connectivity index (χ0v) is 9.08. The Morgan fingerprint density at radius 2 is 2.15 bits per heavy atom. The van der Waals surface area contributed by atoms with Crippen LogP contribution < -0.4 is 0 Å². The smallest absolute Gasteiger partial charge is 0.186 e. The van der Waals surface area contributed by atoms with Crippen LogP contribution in [0.25, 0.3) is 0 Å². The quantitative estimate of drug-likeness (QED) is 0.776. The molecule has 0 saturated carbocycles. The van der Waals surface area contributed by atoms with Crippen LogP contribution in [-0.2, 0) is 17.5 Å². The van der Waals surface area contributed by atoms with Gasteiger partial charge in [-0.2, -0.15) is 0 Å². The Kier molecular flexibility index (Phi) is 3.47. The minimum Gasteiger partial charge on any atom is -0.302 e. The lowest BCUT2D eigenvalue weighted by Crippen LogP contribution is -1.95. The fraction of sp³-hybridized carbons (Fsp3) is 0.333. The summed E-state index contributed by atoms with van der Waals surface area (Å²) >= 11 is 3.95. The highest BCUT2D eigenvalue weighted by Gasteiger charge is 2.08. The van der Waals surface area contributed by atoms with E-state index >= 15 is 0 Å². The van der Waals surface area contributed by atoms with Crippen LogP contribution in [-0.4, -0.2) is 8.76 Å². The molecule has 0 aliphatic heterocycles. The standard InChI is InChI=1S/C9H11ClO2S/c1-3-7-4-6(2)9(13(11)12)5-8(7)10/h4-5H,3H2,1-2H3,(H,11,12). The summed E-state index contributed by atoms with van der Waals surface area (Å²) in [6, 6.07) is 3.41. The van der Waals surface area contributed by atoms with Gasteiger partial charge in [-0.15, -0.1) is 0 Å². The molecule has 0 heterocycles. The van der Waals surface area contributed by atoms with E-state index in [9.17, 15) is 4.21 Å². The lowest BCUT2D eigenvalue weighted by Gasteiger charge is -2.06. The molecule has 0 fully saturated rings. The van der Waals surface area contributed by atoms with E-state index in [0.29, 0.717) is 9.92 Å². The van der Waals surface area contributed by atoms with Crippen molar-refractivity contribution in [2.75, 3.05) is 0 Å². The van der Waals surface area contributed by atoms with E-state index in [-0.39, 0.29) is 0 Å². The van der Waals surface area contributed by atoms with Crippen molar-refractivity contribution in [2.24, 2.45) is 0 Å². The topological polar surface area (TPSA) is 37.3 Å². The third-order valence-corrected chi connectivity index (χ3v) is 3.08. The van der Waals surface area contributed by atoms with Gasteiger partial charge in [0.2, 0.25) is 0 Å². The molecule has 0 aliphatic carbocycles. The van der Waals surface area contributed by atoms with E-state index in [1.165, 1.54) is 0 Å². The van der Waals surface area contributed by atoms with Crippen LogP contribution >= 0.6 is 11.6 Å². The van der Waals surface area contributed by atoms with Crippen LogP contribution in [0.4, 0.5) is 0 Å². The first-order valence-electron chi connectivity index (χ1n) is 3.96. The Balaban J connectivity index is 3.28. The summed E-state index contributed by atoms with van der Waals surface area (Å²) in [5.74, 6) is 0. The molecule has 1 unspecified atom stereocenters. The monoisotopic (exact) mass is 218 g/mol. The average Bonchev–Trinajstić information content (AvgIpc) is 2.07. The number of aryl methyl sites for hydroxylation is 2. The molecular formula is C9H11ClO2S. The summed E-state index contributed by atoms with van der Waals surface area (Å²) < 4.78 is 19.7. The Bertz CT molecular complexity index is 350. The Hall–Kier alpha value is -0.380. The highest BCUT2D eigenvalue weighted by molar-refractivity contribution is 7.79. The van der Waals surface area contributed by atoms with Crippen molar-refractivity contribution in [3.8, 4) is 0 Å². The number of rotatable bonds is 2. The van der Waals surface area contributed by atoms with Gasteiger partial charge in [0.25, 0.3) is 0 Å². The molecule has 0 radical (unpaired) electrons. The van der Waals surface area contributed by atoms with Crippen LogP contribution in [0.2, 0.25) is 5.02 Å². The van der Waals surface area contributed by atoms with E-state index < -0.39 is 11.1 Å². The van der Waals surface area contributed by atoms with Gasteiger partial charge in [-0.1, -0.05) is 24.6 Å². The van der Waals surface area contributed by atoms with Crippen molar-refractivity contribution < 1.29 is 8.76 Å². The fourth-order valence-electron chi connectivity index (χ4n) is 1.18. The first-order valence-corrected chi connectivity index (χ1v) is 5.44. The molecule has 1 aromatic rings. The molecule has 1 rings (SSSR count). The van der Waals surface area contributed by atoms with E-state index in [1.807, 2.05) is 13.0 Å². The van der Waals surface area contributed by atoms with Crippen molar-refractivity contribution >= 4 is 22.7 Å². The van der Waals surface area contributed by atoms with Crippen molar-refractivity contribution in [1.29, 1.82) is 0 Å². The second-order valence-corrected chi connectivity index (χ2v) is 4.16. The maximum absolute atomic E-state index is 10.8. The van der Waals surface area contributed by atoms with E-state index in [4.69, 9.17) is 16.2 Å². The van der Waals surface area contributed by atoms with Crippen LogP contribution in [0.5, 0.6) is 0 Å². The van der Waals surface area contributed by atoms with Gasteiger partial charge in [-0.05, 0) is 30.5 Å². The Labute approximate surface area is 85.2 Å². The molecule has 0 saturated heterocycles. The minimum atomic E-state index is -1.95. The fourth-order valence-corrected chi connectivity index (χ4v) is 2.10. The predicted octanol–water partition coefficient (Wildman–Crippen LogP) is 2.79. The van der Waals surface area contributed by atoms with Crippen LogP contribution in [0.15, 0.2) is 17.0 Å². The predicted molar refractivity (Wildman–Crippen MR) is 54.6 cm³/mol. The molecule has 1 N–H and O–H groups in total. The van der Waals surface area contributed by atoms with Crippen LogP contribution in [0.3, 0.4) is 0 Å². The second-order valence-electron chi connectivity index (χ2n) is 2.81. The van der Waals surface area contributed by atoms with E-state index in [0.717, 1.165) is 17.5 Å². The first-order chi connectivity index (χ1) is 6.06. The van der Waals surface area contributed by atoms with E-state index in [1.54, 1.807) is 13.0 Å². The largest absolute Gasteiger partial charge is 0.302 e.